The first kappa shape index (κ1) is 76.4. The van der Waals surface area contributed by atoms with Gasteiger partial charge in [-0.2, -0.15) is 5.06 Å². The number of rotatable bonds is 15. The zero-order chi connectivity index (χ0) is 74.9. The van der Waals surface area contributed by atoms with Gasteiger partial charge in [-0.25, -0.2) is 4.79 Å². The van der Waals surface area contributed by atoms with Gasteiger partial charge in [0.15, 0.2) is 17.5 Å². The average Bonchev–Trinajstić information content (AvgIpc) is 0.765. The zero-order valence-electron chi connectivity index (χ0n) is 56.4. The summed E-state index contributed by atoms with van der Waals surface area (Å²) in [5, 5.41) is 122. The molecule has 11 bridgehead atoms. The highest BCUT2D eigenvalue weighted by atomic mass is 35.5. The quantitative estimate of drug-likeness (QED) is 0.0655. The molecule has 2 fully saturated rings. The number of hydrogen-bond acceptors (Lipinski definition) is 25. The van der Waals surface area contributed by atoms with Crippen molar-refractivity contribution in [3.63, 3.8) is 0 Å². The maximum Gasteiger partial charge on any atom is 0.330 e. The Kier molecular flexibility index (Phi) is 23.6. The Morgan fingerprint density at radius 1 is 0.689 bits per heavy atom. The second kappa shape index (κ2) is 31.8. The number of benzene rings is 5. The van der Waals surface area contributed by atoms with Gasteiger partial charge >= 0.3 is 5.97 Å². The number of carbonyl (C=O) groups is 8. The van der Waals surface area contributed by atoms with Gasteiger partial charge in [0, 0.05) is 28.8 Å². The Morgan fingerprint density at radius 3 is 1.88 bits per heavy atom. The number of ether oxygens (including phenoxy) is 5. The molecule has 7 aliphatic rings. The van der Waals surface area contributed by atoms with E-state index in [4.69, 9.17) is 57.5 Å². The van der Waals surface area contributed by atoms with Gasteiger partial charge in [0.2, 0.25) is 53.4 Å². The summed E-state index contributed by atoms with van der Waals surface area (Å²) in [4.78, 5) is 125. The van der Waals surface area contributed by atoms with E-state index in [1.54, 1.807) is 0 Å². The number of hydrogen-bond donors (Lipinski definition) is 17. The lowest BCUT2D eigenvalue weighted by molar-refractivity contribution is -0.312. The summed E-state index contributed by atoms with van der Waals surface area (Å²) in [5.74, 6) is -15.7. The van der Waals surface area contributed by atoms with Crippen LogP contribution >= 0.6 is 23.2 Å². The predicted octanol–water partition coefficient (Wildman–Crippen LogP) is 1.20. The highest BCUT2D eigenvalue weighted by Gasteiger charge is 2.49. The van der Waals surface area contributed by atoms with Crippen LogP contribution in [0.4, 0.5) is 0 Å². The number of nitrogens with two attached hydrogens (primary N) is 1. The van der Waals surface area contributed by atoms with Crippen molar-refractivity contribution in [3.05, 3.63) is 117 Å². The predicted molar refractivity (Wildman–Crippen MR) is 361 cm³/mol. The summed E-state index contributed by atoms with van der Waals surface area (Å²) >= 11 is 14.1. The number of fused-ring (bicyclic) bond motifs is 15. The number of carbonyl (C=O) groups excluding carboxylic acids is 7. The fourth-order valence-corrected chi connectivity index (χ4v) is 13.5. The number of likely N-dealkylation sites (N-methyl/N-ethyl adjacent to an activating group) is 2. The lowest BCUT2D eigenvalue weighted by Gasteiger charge is -2.44. The molecule has 35 heteroatoms. The number of aromatic hydroxyl groups is 3. The van der Waals surface area contributed by atoms with Crippen LogP contribution in [0.1, 0.15) is 105 Å². The van der Waals surface area contributed by atoms with E-state index in [1.807, 2.05) is 39.8 Å². The molecule has 12 rings (SSSR count). The molecular weight excluding hydrogens is 1400 g/mol. The Bertz CT molecular complexity index is 4100. The molecule has 0 radical (unpaired) electrons. The van der Waals surface area contributed by atoms with Crippen molar-refractivity contribution in [1.82, 2.24) is 47.2 Å². The SMILES string of the molecule is CN[C@H](CC(C)C)C(=O)N[C@H]1C(=O)N[C@@H](CC(N)=O)C(=O)N[C@H]2C(=O)N[C@H]3C(=O)N[C@H](C(=O)N[C@H](C(=O)O)c4cc(O)cc(O)c4-c4cc3ccc4O)[C@H](O)c3ccc(c(Cl)c3)Oc3cc2cc(c3O[C@@H]2O[C@H](CN(OC)[C@H]3CC[C@H](N(C)C)[C@@H](C)O3)[C@@H](O)[C@H](O)[C@H]2O)Oc2ccc(cc2Cl)[C@H]1O. The van der Waals surface area contributed by atoms with Crippen LogP contribution in [0.5, 0.6) is 46.0 Å². The molecule has 0 spiro atoms. The zero-order valence-corrected chi connectivity index (χ0v) is 57.9. The summed E-state index contributed by atoms with van der Waals surface area (Å²) in [6.07, 6.45) is -14.6. The maximum absolute atomic E-state index is 16.0. The van der Waals surface area contributed by atoms with Crippen LogP contribution in [0.3, 0.4) is 0 Å². The lowest BCUT2D eigenvalue weighted by Crippen LogP contribution is -2.62. The minimum Gasteiger partial charge on any atom is -0.508 e. The third-order valence-electron chi connectivity index (χ3n) is 18.4. The Hall–Kier alpha value is -9.20. The second-order valence-electron chi connectivity index (χ2n) is 26.2. The lowest BCUT2D eigenvalue weighted by atomic mass is 9.89. The van der Waals surface area contributed by atoms with Gasteiger partial charge in [-0.1, -0.05) is 55.2 Å². The first-order chi connectivity index (χ1) is 48.7. The van der Waals surface area contributed by atoms with Gasteiger partial charge in [-0.3, -0.25) is 38.4 Å². The van der Waals surface area contributed by atoms with Gasteiger partial charge in [0.25, 0.3) is 0 Å². The molecular formula is C68H80Cl2N10O23. The van der Waals surface area contributed by atoms with Crippen molar-refractivity contribution < 1.29 is 113 Å². The molecule has 7 heterocycles. The van der Waals surface area contributed by atoms with Gasteiger partial charge in [-0.15, -0.1) is 0 Å². The molecule has 0 aromatic heterocycles. The Morgan fingerprint density at radius 2 is 1.30 bits per heavy atom. The number of carboxylic acid groups (broad SMARTS) is 1. The number of nitrogens with one attached hydrogen (secondary N) is 7. The number of nitrogens with zero attached hydrogens (tertiary/aromatic N) is 2. The summed E-state index contributed by atoms with van der Waals surface area (Å²) < 4.78 is 32.5. The van der Waals surface area contributed by atoms with Crippen LogP contribution in [-0.4, -0.2) is 211 Å². The third-order valence-corrected chi connectivity index (χ3v) is 19.0. The summed E-state index contributed by atoms with van der Waals surface area (Å²) in [6.45, 7) is 5.20. The topological polar surface area (TPSA) is 491 Å². The van der Waals surface area contributed by atoms with Crippen LogP contribution in [-0.2, 0) is 52.7 Å². The van der Waals surface area contributed by atoms with E-state index in [1.165, 1.54) is 31.4 Å². The molecule has 0 unspecified atom stereocenters. The number of aliphatic carboxylic acids is 1. The Balaban J connectivity index is 1.20. The minimum atomic E-state index is -2.32. The van der Waals surface area contributed by atoms with Crippen LogP contribution in [0.2, 0.25) is 10.0 Å². The number of aliphatic hydroxyl groups excluding tert-OH is 5. The average molecular weight is 1480 g/mol. The van der Waals surface area contributed by atoms with Crippen molar-refractivity contribution in [3.8, 4) is 57.1 Å². The first-order valence-electron chi connectivity index (χ1n) is 32.6. The molecule has 5 aromatic rings. The van der Waals surface area contributed by atoms with Gasteiger partial charge < -0.3 is 117 Å². The number of aliphatic hydroxyl groups is 5. The van der Waals surface area contributed by atoms with Gasteiger partial charge in [-0.05, 0) is 130 Å². The van der Waals surface area contributed by atoms with E-state index in [0.29, 0.717) is 12.8 Å². The molecule has 5 aromatic carbocycles. The molecule has 554 valence electrons. The Labute approximate surface area is 598 Å². The molecule has 18 N–H and O–H groups in total. The van der Waals surface area contributed by atoms with E-state index in [-0.39, 0.29) is 64.2 Å². The standard InChI is InChI=1S/C68H80Cl2N10O23/c1-26(2)16-37(72-4)61(90)77-53-55(85)29-9-13-42(35(69)18-29)100-44-20-31-21-45(60(44)103-68-59(89)58(88)57(87)46(102-68)25-80(98-7)48-15-11-39(79(5)6)27(3)99-48)101-43-14-10-30(19-36(43)70)56(86)54-66(95)76-52(67(96)97)34-22-32(81)23-41(83)49(34)33-17-28(8-12-40(33)82)50(63(92)78-54)75-64(93)51(31)74-62(91)38(24-47(71)84)73-65(53)94/h8-10,12-14,17-23,26-27,37-39,46,48,50-59,68,72,81-83,85-89H,11,15-16,24-25H2,1-7H3,(H2,71,84)(H,73,94)(H,74,91)(H,75,93)(H,76,95)(H,77,90)(H,78,92)(H,96,97)/t27-,37-,38+,39+,46-,48-,50-,51-,52+,53-,54+,55-,56-,57-,58+,59-,68+/m1/s1. The molecule has 7 amide bonds. The number of primary amides is 1. The monoisotopic (exact) mass is 1470 g/mol. The van der Waals surface area contributed by atoms with Gasteiger partial charge in [0.1, 0.15) is 102 Å². The number of amides is 7. The van der Waals surface area contributed by atoms with E-state index in [0.717, 1.165) is 66.7 Å². The first-order valence-corrected chi connectivity index (χ1v) is 33.4. The van der Waals surface area contributed by atoms with Crippen LogP contribution < -0.4 is 57.2 Å². The van der Waals surface area contributed by atoms with Crippen LogP contribution in [0, 0.1) is 5.92 Å². The summed E-state index contributed by atoms with van der Waals surface area (Å²) in [6, 6.07) is -0.327. The molecule has 0 saturated carbocycles. The van der Waals surface area contributed by atoms with E-state index in [2.05, 4.69) is 37.2 Å². The van der Waals surface area contributed by atoms with Crippen LogP contribution in [0.25, 0.3) is 11.1 Å². The molecule has 2 saturated heterocycles. The van der Waals surface area contributed by atoms with Crippen molar-refractivity contribution in [2.24, 2.45) is 11.7 Å². The normalized spacial score (nSPS) is 27.8. The van der Waals surface area contributed by atoms with E-state index >= 15 is 14.4 Å². The summed E-state index contributed by atoms with van der Waals surface area (Å²) in [5.41, 5.74) is 3.01. The molecule has 7 aliphatic heterocycles. The number of halogens is 2. The number of carboxylic acids is 1. The van der Waals surface area contributed by atoms with E-state index in [9.17, 15) is 69.9 Å². The van der Waals surface area contributed by atoms with Crippen molar-refractivity contribution >= 4 is 70.5 Å². The molecule has 0 aliphatic carbocycles. The minimum absolute atomic E-state index is 0.0297. The smallest absolute Gasteiger partial charge is 0.330 e. The van der Waals surface area contributed by atoms with Gasteiger partial charge in [0.05, 0.1) is 42.3 Å². The number of phenols is 3. The second-order valence-corrected chi connectivity index (χ2v) is 27.0. The van der Waals surface area contributed by atoms with Crippen molar-refractivity contribution in [1.29, 1.82) is 0 Å². The number of hydroxylamine groups is 2. The van der Waals surface area contributed by atoms with Crippen molar-refractivity contribution in [2.45, 2.75) is 150 Å². The fraction of sp³-hybridized carbons (Fsp3) is 0.441. The third kappa shape index (κ3) is 16.6. The fourth-order valence-electron chi connectivity index (χ4n) is 13.1. The highest BCUT2D eigenvalue weighted by Crippen LogP contribution is 2.49. The van der Waals surface area contributed by atoms with Crippen LogP contribution in [0.15, 0.2) is 78.9 Å². The van der Waals surface area contributed by atoms with E-state index < -0.39 is 207 Å². The molecule has 17 atom stereocenters. The summed E-state index contributed by atoms with van der Waals surface area (Å²) in [7, 11) is 6.65. The number of phenolic OH excluding ortho intramolecular Hbond substituents is 3. The molecule has 33 nitrogen and oxygen atoms in total. The van der Waals surface area contributed by atoms with Crippen molar-refractivity contribution in [2.75, 3.05) is 34.8 Å². The maximum atomic E-state index is 16.0. The molecule has 103 heavy (non-hydrogen) atoms. The largest absolute Gasteiger partial charge is 0.508 e. The highest BCUT2D eigenvalue weighted by molar-refractivity contribution is 6.32.